The molecule has 2 fully saturated rings. The highest BCUT2D eigenvalue weighted by molar-refractivity contribution is 8.14. The second-order valence-corrected chi connectivity index (χ2v) is 9.23. The molecule has 1 saturated heterocycles. The van der Waals surface area contributed by atoms with Gasteiger partial charge in [0, 0.05) is 24.4 Å². The van der Waals surface area contributed by atoms with Crippen LogP contribution in [0, 0.1) is 0 Å². The van der Waals surface area contributed by atoms with E-state index in [4.69, 9.17) is 4.99 Å². The summed E-state index contributed by atoms with van der Waals surface area (Å²) in [6, 6.07) is 4.92. The number of hydrogen-bond donors (Lipinski definition) is 1. The highest BCUT2D eigenvalue weighted by Crippen LogP contribution is 2.34. The number of anilines is 1. The summed E-state index contributed by atoms with van der Waals surface area (Å²) < 4.78 is 38.0. The Morgan fingerprint density at radius 2 is 1.77 bits per heavy atom. The molecule has 1 N–H and O–H groups in total. The Morgan fingerprint density at radius 1 is 1.17 bits per heavy atom. The van der Waals surface area contributed by atoms with Crippen LogP contribution in [0.3, 0.4) is 0 Å². The van der Waals surface area contributed by atoms with E-state index in [0.29, 0.717) is 11.7 Å². The van der Waals surface area contributed by atoms with Gasteiger partial charge in [0.2, 0.25) is 5.91 Å². The highest BCUT2D eigenvalue weighted by atomic mass is 35.5. The molecule has 2 unspecified atom stereocenters. The lowest BCUT2D eigenvalue weighted by atomic mass is 10.1. The zero-order valence-electron chi connectivity index (χ0n) is 17.2. The van der Waals surface area contributed by atoms with E-state index >= 15 is 0 Å². The van der Waals surface area contributed by atoms with Crippen LogP contribution in [-0.2, 0) is 11.0 Å². The van der Waals surface area contributed by atoms with Gasteiger partial charge < -0.3 is 10.2 Å². The lowest BCUT2D eigenvalue weighted by Crippen LogP contribution is -2.36. The molecule has 1 saturated carbocycles. The molecule has 1 aliphatic carbocycles. The molecule has 2 atom stereocenters. The van der Waals surface area contributed by atoms with Crippen molar-refractivity contribution in [3.05, 3.63) is 29.8 Å². The largest absolute Gasteiger partial charge is 0.416 e. The van der Waals surface area contributed by atoms with Crippen molar-refractivity contribution in [1.82, 2.24) is 4.90 Å². The lowest BCUT2D eigenvalue weighted by molar-refractivity contribution is -0.137. The predicted octanol–water partition coefficient (Wildman–Crippen LogP) is 5.97. The van der Waals surface area contributed by atoms with Crippen LogP contribution in [0.4, 0.5) is 18.9 Å². The first-order valence-corrected chi connectivity index (χ1v) is 11.1. The average Bonchev–Trinajstić information content (AvgIpc) is 2.84. The van der Waals surface area contributed by atoms with E-state index in [0.717, 1.165) is 30.1 Å². The molecule has 30 heavy (non-hydrogen) atoms. The standard InChI is InChI=1S/C21H28F3N3OS.ClH/c1-14-18(27(2)20(29-14)26-16-7-5-3-4-6-8-16)13-19(28)25-17-11-9-15(10-12-17)21(22,23)24;/h9-12,14,16,18H,3-8,13H2,1-2H3,(H,25,28);1H/b26-20-;. The second-order valence-electron chi connectivity index (χ2n) is 7.89. The molecule has 0 spiro atoms. The van der Waals surface area contributed by atoms with Crippen LogP contribution in [0.2, 0.25) is 0 Å². The van der Waals surface area contributed by atoms with Crippen molar-refractivity contribution in [2.75, 3.05) is 12.4 Å². The van der Waals surface area contributed by atoms with Gasteiger partial charge in [-0.3, -0.25) is 9.79 Å². The van der Waals surface area contributed by atoms with Crippen LogP contribution in [0.15, 0.2) is 29.3 Å². The summed E-state index contributed by atoms with van der Waals surface area (Å²) in [6.45, 7) is 2.09. The third-order valence-electron chi connectivity index (χ3n) is 5.64. The molecular formula is C21H29ClF3N3OS. The van der Waals surface area contributed by atoms with Crippen molar-refractivity contribution >= 4 is 40.9 Å². The molecular weight excluding hydrogens is 435 g/mol. The minimum Gasteiger partial charge on any atom is -0.350 e. The van der Waals surface area contributed by atoms with Gasteiger partial charge in [-0.1, -0.05) is 44.4 Å². The quantitative estimate of drug-likeness (QED) is 0.559. The number of nitrogens with one attached hydrogen (secondary N) is 1. The number of benzene rings is 1. The van der Waals surface area contributed by atoms with Gasteiger partial charge >= 0.3 is 6.18 Å². The second kappa shape index (κ2) is 10.8. The monoisotopic (exact) mass is 463 g/mol. The summed E-state index contributed by atoms with van der Waals surface area (Å²) >= 11 is 1.71. The predicted molar refractivity (Wildman–Crippen MR) is 119 cm³/mol. The Bertz CT molecular complexity index is 734. The highest BCUT2D eigenvalue weighted by Gasteiger charge is 2.36. The van der Waals surface area contributed by atoms with E-state index in [9.17, 15) is 18.0 Å². The van der Waals surface area contributed by atoms with Gasteiger partial charge in [-0.25, -0.2) is 0 Å². The van der Waals surface area contributed by atoms with Crippen LogP contribution in [-0.4, -0.2) is 40.4 Å². The van der Waals surface area contributed by atoms with Crippen molar-refractivity contribution < 1.29 is 18.0 Å². The smallest absolute Gasteiger partial charge is 0.350 e. The summed E-state index contributed by atoms with van der Waals surface area (Å²) in [5.74, 6) is -0.204. The van der Waals surface area contributed by atoms with Gasteiger partial charge in [-0.15, -0.1) is 12.4 Å². The van der Waals surface area contributed by atoms with Crippen molar-refractivity contribution in [2.24, 2.45) is 4.99 Å². The maximum atomic E-state index is 12.7. The van der Waals surface area contributed by atoms with Crippen LogP contribution < -0.4 is 5.32 Å². The van der Waals surface area contributed by atoms with Gasteiger partial charge in [-0.2, -0.15) is 13.2 Å². The Balaban J connectivity index is 0.00000320. The number of carbonyl (C=O) groups is 1. The number of alkyl halides is 3. The zero-order valence-corrected chi connectivity index (χ0v) is 18.9. The van der Waals surface area contributed by atoms with Gasteiger partial charge in [0.05, 0.1) is 17.6 Å². The Morgan fingerprint density at radius 3 is 2.33 bits per heavy atom. The van der Waals surface area contributed by atoms with Crippen LogP contribution in [0.5, 0.6) is 0 Å². The van der Waals surface area contributed by atoms with Crippen LogP contribution in [0.1, 0.15) is 57.4 Å². The summed E-state index contributed by atoms with van der Waals surface area (Å²) in [7, 11) is 1.97. The molecule has 0 bridgehead atoms. The van der Waals surface area contributed by atoms with Gasteiger partial charge in [-0.05, 0) is 37.1 Å². The molecule has 4 nitrogen and oxygen atoms in total. The van der Waals surface area contributed by atoms with Crippen LogP contribution in [0.25, 0.3) is 0 Å². The molecule has 0 aromatic heterocycles. The maximum absolute atomic E-state index is 12.7. The lowest BCUT2D eigenvalue weighted by Gasteiger charge is -2.23. The number of amides is 1. The molecule has 1 amide bonds. The first-order chi connectivity index (χ1) is 13.7. The molecule has 168 valence electrons. The van der Waals surface area contributed by atoms with E-state index in [1.165, 1.54) is 37.8 Å². The minimum absolute atomic E-state index is 0. The normalized spacial score (nSPS) is 24.4. The SMILES string of the molecule is CC1S/C(=N\C2CCCCCC2)N(C)C1CC(=O)Nc1ccc(C(F)(F)F)cc1.Cl. The number of rotatable bonds is 4. The molecule has 3 rings (SSSR count). The zero-order chi connectivity index (χ0) is 21.0. The summed E-state index contributed by atoms with van der Waals surface area (Å²) in [4.78, 5) is 19.5. The molecule has 9 heteroatoms. The molecule has 1 aromatic carbocycles. The number of halogens is 4. The van der Waals surface area contributed by atoms with Crippen molar-refractivity contribution in [3.8, 4) is 0 Å². The summed E-state index contributed by atoms with van der Waals surface area (Å²) in [5.41, 5.74) is -0.355. The van der Waals surface area contributed by atoms with E-state index in [1.807, 2.05) is 7.05 Å². The fraction of sp³-hybridized carbons (Fsp3) is 0.619. The number of thioether (sulfide) groups is 1. The number of nitrogens with zero attached hydrogens (tertiary/aromatic N) is 2. The van der Waals surface area contributed by atoms with Crippen molar-refractivity contribution in [1.29, 1.82) is 0 Å². The van der Waals surface area contributed by atoms with Crippen molar-refractivity contribution in [2.45, 2.75) is 75.4 Å². The third-order valence-corrected chi connectivity index (χ3v) is 6.93. The van der Waals surface area contributed by atoms with E-state index in [2.05, 4.69) is 17.1 Å². The van der Waals surface area contributed by atoms with Gasteiger partial charge in [0.25, 0.3) is 0 Å². The minimum atomic E-state index is -4.38. The van der Waals surface area contributed by atoms with E-state index in [-0.39, 0.29) is 36.0 Å². The topological polar surface area (TPSA) is 44.7 Å². The molecule has 1 heterocycles. The fourth-order valence-electron chi connectivity index (χ4n) is 3.90. The summed E-state index contributed by atoms with van der Waals surface area (Å²) in [6.07, 6.45) is 3.18. The number of carbonyl (C=O) groups excluding carboxylic acids is 1. The number of aliphatic imine (C=N–C) groups is 1. The van der Waals surface area contributed by atoms with Crippen molar-refractivity contribution in [3.63, 3.8) is 0 Å². The maximum Gasteiger partial charge on any atom is 0.416 e. The molecule has 2 aliphatic rings. The molecule has 0 radical (unpaired) electrons. The average molecular weight is 464 g/mol. The van der Waals surface area contributed by atoms with Gasteiger partial charge in [0.1, 0.15) is 0 Å². The first kappa shape index (κ1) is 24.9. The Kier molecular flexibility index (Phi) is 8.91. The number of hydrogen-bond acceptors (Lipinski definition) is 3. The number of amidine groups is 1. The first-order valence-electron chi connectivity index (χ1n) is 10.2. The fourth-order valence-corrected chi connectivity index (χ4v) is 5.18. The molecule has 1 aliphatic heterocycles. The Hall–Kier alpha value is -1.41. The van der Waals surface area contributed by atoms with E-state index < -0.39 is 11.7 Å². The third kappa shape index (κ3) is 6.54. The van der Waals surface area contributed by atoms with Crippen LogP contribution >= 0.6 is 24.2 Å². The van der Waals surface area contributed by atoms with Gasteiger partial charge in [0.15, 0.2) is 5.17 Å². The molecule has 1 aromatic rings. The van der Waals surface area contributed by atoms with E-state index in [1.54, 1.807) is 11.8 Å². The Labute approximate surface area is 186 Å². The summed E-state index contributed by atoms with van der Waals surface area (Å²) in [5, 5.41) is 3.93.